The molecule has 0 aliphatic carbocycles. The van der Waals surface area contributed by atoms with Gasteiger partial charge in [-0.1, -0.05) is 11.6 Å². The quantitative estimate of drug-likeness (QED) is 0.546. The third-order valence-electron chi connectivity index (χ3n) is 2.07. The molecular formula is C10H14ClFN2OS. The zero-order valence-electron chi connectivity index (χ0n) is 8.67. The molecule has 0 amide bonds. The van der Waals surface area contributed by atoms with Gasteiger partial charge in [0.05, 0.1) is 15.6 Å². The SMILES string of the molecule is NCCCCNc1cc(F)c(SO)cc1Cl. The van der Waals surface area contributed by atoms with Crippen molar-refractivity contribution in [3.63, 3.8) is 0 Å². The van der Waals surface area contributed by atoms with Gasteiger partial charge < -0.3 is 15.6 Å². The smallest absolute Gasteiger partial charge is 0.141 e. The van der Waals surface area contributed by atoms with Crippen LogP contribution < -0.4 is 11.1 Å². The van der Waals surface area contributed by atoms with Crippen molar-refractivity contribution in [3.05, 3.63) is 23.0 Å². The summed E-state index contributed by atoms with van der Waals surface area (Å²) in [6.45, 7) is 1.34. The average molecular weight is 265 g/mol. The number of benzene rings is 1. The summed E-state index contributed by atoms with van der Waals surface area (Å²) < 4.78 is 22.1. The van der Waals surface area contributed by atoms with E-state index in [1.165, 1.54) is 12.1 Å². The molecule has 0 aromatic heterocycles. The molecule has 0 fully saturated rings. The summed E-state index contributed by atoms with van der Waals surface area (Å²) in [7, 11) is 0. The molecule has 4 N–H and O–H groups in total. The monoisotopic (exact) mass is 264 g/mol. The van der Waals surface area contributed by atoms with E-state index in [0.717, 1.165) is 12.8 Å². The van der Waals surface area contributed by atoms with Gasteiger partial charge in [-0.05, 0) is 31.5 Å². The first kappa shape index (κ1) is 13.6. The molecular weight excluding hydrogens is 251 g/mol. The molecule has 1 aromatic carbocycles. The highest BCUT2D eigenvalue weighted by atomic mass is 35.5. The lowest BCUT2D eigenvalue weighted by Gasteiger charge is -2.09. The van der Waals surface area contributed by atoms with Crippen LogP contribution in [0.4, 0.5) is 10.1 Å². The van der Waals surface area contributed by atoms with Crippen molar-refractivity contribution >= 4 is 29.3 Å². The van der Waals surface area contributed by atoms with Gasteiger partial charge in [0.1, 0.15) is 5.82 Å². The molecule has 0 radical (unpaired) electrons. The topological polar surface area (TPSA) is 58.3 Å². The summed E-state index contributed by atoms with van der Waals surface area (Å²) in [5.41, 5.74) is 5.89. The van der Waals surface area contributed by atoms with E-state index >= 15 is 0 Å². The predicted octanol–water partition coefficient (Wildman–Crippen LogP) is 3.20. The van der Waals surface area contributed by atoms with E-state index in [2.05, 4.69) is 5.32 Å². The summed E-state index contributed by atoms with van der Waals surface area (Å²) in [5, 5.41) is 3.42. The molecule has 6 heteroatoms. The Kier molecular flexibility index (Phi) is 5.90. The van der Waals surface area contributed by atoms with Gasteiger partial charge >= 0.3 is 0 Å². The first-order chi connectivity index (χ1) is 7.69. The molecule has 0 bridgehead atoms. The maximum atomic E-state index is 13.3. The van der Waals surface area contributed by atoms with Crippen molar-refractivity contribution in [1.29, 1.82) is 0 Å². The highest BCUT2D eigenvalue weighted by Gasteiger charge is 2.08. The number of halogens is 2. The van der Waals surface area contributed by atoms with Gasteiger partial charge in [0.2, 0.25) is 0 Å². The second kappa shape index (κ2) is 6.96. The van der Waals surface area contributed by atoms with Crippen LogP contribution in [0.5, 0.6) is 0 Å². The minimum atomic E-state index is -0.488. The van der Waals surface area contributed by atoms with Gasteiger partial charge in [-0.15, -0.1) is 0 Å². The highest BCUT2D eigenvalue weighted by molar-refractivity contribution is 7.93. The molecule has 0 saturated carbocycles. The summed E-state index contributed by atoms with van der Waals surface area (Å²) >= 11 is 6.26. The standard InChI is InChI=1S/C10H14ClFN2OS/c11-7-5-10(16-15)8(12)6-9(7)14-4-2-1-3-13/h5-6,14-15H,1-4,13H2. The Bertz CT molecular complexity index is 352. The lowest BCUT2D eigenvalue weighted by atomic mass is 10.2. The second-order valence-electron chi connectivity index (χ2n) is 3.28. The molecule has 0 spiro atoms. The molecule has 0 unspecified atom stereocenters. The zero-order chi connectivity index (χ0) is 12.0. The van der Waals surface area contributed by atoms with E-state index in [1.54, 1.807) is 0 Å². The van der Waals surface area contributed by atoms with Crippen molar-refractivity contribution in [3.8, 4) is 0 Å². The van der Waals surface area contributed by atoms with Crippen LogP contribution >= 0.6 is 23.6 Å². The van der Waals surface area contributed by atoms with Gasteiger partial charge in [-0.2, -0.15) is 0 Å². The number of hydrogen-bond donors (Lipinski definition) is 3. The van der Waals surface area contributed by atoms with Crippen molar-refractivity contribution in [2.45, 2.75) is 17.7 Å². The molecule has 90 valence electrons. The number of unbranched alkanes of at least 4 members (excludes halogenated alkanes) is 1. The number of hydrogen-bond acceptors (Lipinski definition) is 4. The molecule has 0 aliphatic heterocycles. The molecule has 0 aliphatic rings. The minimum Gasteiger partial charge on any atom is -0.384 e. The fraction of sp³-hybridized carbons (Fsp3) is 0.400. The molecule has 1 rings (SSSR count). The van der Waals surface area contributed by atoms with Crippen molar-refractivity contribution < 1.29 is 8.94 Å². The van der Waals surface area contributed by atoms with E-state index in [4.69, 9.17) is 21.9 Å². The summed E-state index contributed by atoms with van der Waals surface area (Å²) in [6.07, 6.45) is 1.82. The van der Waals surface area contributed by atoms with E-state index in [-0.39, 0.29) is 4.90 Å². The molecule has 3 nitrogen and oxygen atoms in total. The minimum absolute atomic E-state index is 0.123. The Morgan fingerprint density at radius 2 is 2.19 bits per heavy atom. The van der Waals surface area contributed by atoms with Crippen molar-refractivity contribution in [2.75, 3.05) is 18.4 Å². The molecule has 0 atom stereocenters. The molecule has 0 saturated heterocycles. The maximum absolute atomic E-state index is 13.3. The van der Waals surface area contributed by atoms with Gasteiger partial charge in [0, 0.05) is 18.6 Å². The van der Waals surface area contributed by atoms with Crippen LogP contribution in [-0.4, -0.2) is 17.6 Å². The van der Waals surface area contributed by atoms with Crippen LogP contribution in [0.25, 0.3) is 0 Å². The summed E-state index contributed by atoms with van der Waals surface area (Å²) in [4.78, 5) is 0.123. The van der Waals surface area contributed by atoms with Crippen LogP contribution in [0.3, 0.4) is 0 Å². The number of nitrogens with two attached hydrogens (primary N) is 1. The number of anilines is 1. The van der Waals surface area contributed by atoms with Crippen LogP contribution in [0.2, 0.25) is 5.02 Å². The molecule has 16 heavy (non-hydrogen) atoms. The Morgan fingerprint density at radius 3 is 2.81 bits per heavy atom. The summed E-state index contributed by atoms with van der Waals surface area (Å²) in [5.74, 6) is -0.488. The fourth-order valence-corrected chi connectivity index (χ4v) is 1.84. The highest BCUT2D eigenvalue weighted by Crippen LogP contribution is 2.29. The van der Waals surface area contributed by atoms with Crippen LogP contribution in [0, 0.1) is 5.82 Å². The predicted molar refractivity (Wildman–Crippen MR) is 66.7 cm³/mol. The Hall–Kier alpha value is -0.490. The fourth-order valence-electron chi connectivity index (χ4n) is 1.23. The summed E-state index contributed by atoms with van der Waals surface area (Å²) in [6, 6.07) is 2.68. The lowest BCUT2D eigenvalue weighted by molar-refractivity contribution is 0.591. The maximum Gasteiger partial charge on any atom is 0.141 e. The molecule has 0 heterocycles. The van der Waals surface area contributed by atoms with Gasteiger partial charge in [0.25, 0.3) is 0 Å². The van der Waals surface area contributed by atoms with Crippen molar-refractivity contribution in [1.82, 2.24) is 0 Å². The average Bonchev–Trinajstić information content (AvgIpc) is 2.28. The lowest BCUT2D eigenvalue weighted by Crippen LogP contribution is -2.06. The van der Waals surface area contributed by atoms with Crippen LogP contribution in [0.15, 0.2) is 17.0 Å². The van der Waals surface area contributed by atoms with Crippen molar-refractivity contribution in [2.24, 2.45) is 5.73 Å². The second-order valence-corrected chi connectivity index (χ2v) is 4.31. The number of nitrogens with one attached hydrogen (secondary N) is 1. The normalized spacial score (nSPS) is 10.5. The van der Waals surface area contributed by atoms with E-state index in [9.17, 15) is 4.39 Å². The largest absolute Gasteiger partial charge is 0.384 e. The Labute approximate surface area is 103 Å². The van der Waals surface area contributed by atoms with E-state index < -0.39 is 5.82 Å². The third kappa shape index (κ3) is 3.83. The van der Waals surface area contributed by atoms with Gasteiger partial charge in [-0.3, -0.25) is 0 Å². The van der Waals surface area contributed by atoms with Crippen LogP contribution in [-0.2, 0) is 0 Å². The Morgan fingerprint density at radius 1 is 1.44 bits per heavy atom. The molecule has 1 aromatic rings. The van der Waals surface area contributed by atoms with Gasteiger partial charge in [-0.25, -0.2) is 4.39 Å². The van der Waals surface area contributed by atoms with Crippen LogP contribution in [0.1, 0.15) is 12.8 Å². The third-order valence-corrected chi connectivity index (χ3v) is 2.89. The first-order valence-corrected chi connectivity index (χ1v) is 6.08. The number of rotatable bonds is 6. The Balaban J connectivity index is 2.63. The zero-order valence-corrected chi connectivity index (χ0v) is 10.2. The van der Waals surface area contributed by atoms with Gasteiger partial charge in [0.15, 0.2) is 0 Å². The van der Waals surface area contributed by atoms with E-state index in [0.29, 0.717) is 35.8 Å². The van der Waals surface area contributed by atoms with E-state index in [1.807, 2.05) is 0 Å². The first-order valence-electron chi connectivity index (χ1n) is 4.93.